The summed E-state index contributed by atoms with van der Waals surface area (Å²) in [6, 6.07) is 6.49. The minimum atomic E-state index is -3.67. The van der Waals surface area contributed by atoms with Crippen LogP contribution in [0.2, 0.25) is 0 Å². The smallest absolute Gasteiger partial charge is 0.335 e. The van der Waals surface area contributed by atoms with Gasteiger partial charge in [0.25, 0.3) is 5.91 Å². The SMILES string of the molecule is Cc1cc(C(F)(F)Cl)n2nc(C(=O)N3CCN(Cc4cccc(F)c4F)CC3)cc2n1. The second kappa shape index (κ2) is 8.08. The number of amides is 1. The Morgan fingerprint density at radius 3 is 2.55 bits per heavy atom. The quantitative estimate of drug-likeness (QED) is 0.446. The van der Waals surface area contributed by atoms with E-state index in [-0.39, 0.29) is 23.4 Å². The van der Waals surface area contributed by atoms with Crippen LogP contribution in [0.15, 0.2) is 30.3 Å². The second-order valence-corrected chi connectivity index (χ2v) is 7.84. The highest BCUT2D eigenvalue weighted by atomic mass is 35.5. The molecule has 3 aromatic rings. The molecule has 1 fully saturated rings. The standard InChI is InChI=1S/C20H18ClF4N5O/c1-12-9-16(20(21,24)25)30-17(26-12)10-15(27-30)19(31)29-7-5-28(6-8-29)11-13-3-2-4-14(22)18(13)23/h2-4,9-10H,5-8,11H2,1H3. The van der Waals surface area contributed by atoms with E-state index in [1.165, 1.54) is 23.1 Å². The fourth-order valence-electron chi connectivity index (χ4n) is 3.59. The van der Waals surface area contributed by atoms with Crippen LogP contribution in [0.3, 0.4) is 0 Å². The summed E-state index contributed by atoms with van der Waals surface area (Å²) in [5.41, 5.74) is 0.0671. The number of rotatable bonds is 4. The molecule has 0 saturated carbocycles. The van der Waals surface area contributed by atoms with Crippen molar-refractivity contribution in [1.82, 2.24) is 24.4 Å². The molecule has 11 heteroatoms. The van der Waals surface area contributed by atoms with Crippen LogP contribution >= 0.6 is 11.6 Å². The number of carbonyl (C=O) groups excluding carboxylic acids is 1. The van der Waals surface area contributed by atoms with E-state index in [0.717, 1.165) is 16.6 Å². The first-order valence-electron chi connectivity index (χ1n) is 9.52. The van der Waals surface area contributed by atoms with E-state index >= 15 is 0 Å². The summed E-state index contributed by atoms with van der Waals surface area (Å²) < 4.78 is 55.6. The zero-order valence-corrected chi connectivity index (χ0v) is 17.2. The number of alkyl halides is 3. The largest absolute Gasteiger partial charge is 0.364 e. The normalized spacial score (nSPS) is 15.6. The third-order valence-electron chi connectivity index (χ3n) is 5.15. The van der Waals surface area contributed by atoms with Crippen molar-refractivity contribution in [2.45, 2.75) is 18.9 Å². The van der Waals surface area contributed by atoms with Crippen molar-refractivity contribution in [3.8, 4) is 0 Å². The number of fused-ring (bicyclic) bond motifs is 1. The maximum Gasteiger partial charge on any atom is 0.364 e. The average molecular weight is 456 g/mol. The van der Waals surface area contributed by atoms with Gasteiger partial charge in [0.15, 0.2) is 23.0 Å². The van der Waals surface area contributed by atoms with Gasteiger partial charge in [0.1, 0.15) is 5.69 Å². The maximum absolute atomic E-state index is 13.9. The molecular weight excluding hydrogens is 438 g/mol. The summed E-state index contributed by atoms with van der Waals surface area (Å²) in [6.45, 7) is 3.30. The molecule has 0 aliphatic carbocycles. The van der Waals surface area contributed by atoms with Gasteiger partial charge in [-0.05, 0) is 30.7 Å². The lowest BCUT2D eigenvalue weighted by molar-refractivity contribution is 0.0618. The van der Waals surface area contributed by atoms with E-state index in [0.29, 0.717) is 31.9 Å². The van der Waals surface area contributed by atoms with Gasteiger partial charge < -0.3 is 4.90 Å². The second-order valence-electron chi connectivity index (χ2n) is 7.36. The maximum atomic E-state index is 13.9. The Kier molecular flexibility index (Phi) is 5.61. The molecule has 1 aliphatic rings. The number of aromatic nitrogens is 3. The molecule has 1 aliphatic heterocycles. The molecule has 0 atom stereocenters. The van der Waals surface area contributed by atoms with Gasteiger partial charge in [0.05, 0.1) is 0 Å². The topological polar surface area (TPSA) is 53.7 Å². The van der Waals surface area contributed by atoms with Crippen molar-refractivity contribution < 1.29 is 22.4 Å². The molecule has 0 unspecified atom stereocenters. The van der Waals surface area contributed by atoms with Crippen LogP contribution < -0.4 is 0 Å². The Labute approximate surface area is 180 Å². The Balaban J connectivity index is 1.47. The monoisotopic (exact) mass is 455 g/mol. The highest BCUT2D eigenvalue weighted by Gasteiger charge is 2.33. The van der Waals surface area contributed by atoms with Gasteiger partial charge in [-0.1, -0.05) is 12.1 Å². The molecule has 1 saturated heterocycles. The highest BCUT2D eigenvalue weighted by molar-refractivity contribution is 6.21. The molecule has 0 radical (unpaired) electrons. The minimum Gasteiger partial charge on any atom is -0.335 e. The molecular formula is C20H18ClF4N5O. The Hall–Kier alpha value is -2.72. The van der Waals surface area contributed by atoms with Gasteiger partial charge in [-0.15, -0.1) is 0 Å². The molecule has 0 N–H and O–H groups in total. The number of benzene rings is 1. The van der Waals surface area contributed by atoms with Crippen molar-refractivity contribution >= 4 is 23.2 Å². The van der Waals surface area contributed by atoms with Crippen LogP contribution in [-0.4, -0.2) is 56.5 Å². The zero-order chi connectivity index (χ0) is 22.3. The summed E-state index contributed by atoms with van der Waals surface area (Å²) in [5.74, 6) is -2.20. The van der Waals surface area contributed by atoms with E-state index in [4.69, 9.17) is 11.6 Å². The molecule has 164 valence electrons. The third-order valence-corrected chi connectivity index (χ3v) is 5.34. The number of hydrogen-bond acceptors (Lipinski definition) is 4. The molecule has 1 amide bonds. The number of halogens is 5. The summed E-state index contributed by atoms with van der Waals surface area (Å²) in [5, 5.41) is 0.327. The molecule has 0 bridgehead atoms. The zero-order valence-electron chi connectivity index (χ0n) is 16.5. The van der Waals surface area contributed by atoms with Gasteiger partial charge in [0.2, 0.25) is 0 Å². The molecule has 3 heterocycles. The van der Waals surface area contributed by atoms with Gasteiger partial charge in [-0.2, -0.15) is 13.9 Å². The van der Waals surface area contributed by atoms with Crippen molar-refractivity contribution in [2.75, 3.05) is 26.2 Å². The number of carbonyl (C=O) groups is 1. The minimum absolute atomic E-state index is 0.0232. The van der Waals surface area contributed by atoms with Crippen molar-refractivity contribution in [1.29, 1.82) is 0 Å². The lowest BCUT2D eigenvalue weighted by Gasteiger charge is -2.34. The van der Waals surface area contributed by atoms with E-state index in [2.05, 4.69) is 10.1 Å². The predicted octanol–water partition coefficient (Wildman–Crippen LogP) is 3.56. The Morgan fingerprint density at radius 1 is 1.16 bits per heavy atom. The lowest BCUT2D eigenvalue weighted by atomic mass is 10.1. The van der Waals surface area contributed by atoms with Gasteiger partial charge in [0, 0.05) is 50.0 Å². The first-order chi connectivity index (χ1) is 14.6. The number of piperazine rings is 1. The fourth-order valence-corrected chi connectivity index (χ4v) is 3.72. The summed E-state index contributed by atoms with van der Waals surface area (Å²) in [4.78, 5) is 20.4. The van der Waals surface area contributed by atoms with Crippen LogP contribution in [0.5, 0.6) is 0 Å². The summed E-state index contributed by atoms with van der Waals surface area (Å²) in [7, 11) is 0. The van der Waals surface area contributed by atoms with E-state index in [9.17, 15) is 22.4 Å². The van der Waals surface area contributed by atoms with Crippen LogP contribution in [0.4, 0.5) is 17.6 Å². The predicted molar refractivity (Wildman–Crippen MR) is 105 cm³/mol. The highest BCUT2D eigenvalue weighted by Crippen LogP contribution is 2.32. The van der Waals surface area contributed by atoms with Crippen LogP contribution in [-0.2, 0) is 11.9 Å². The van der Waals surface area contributed by atoms with E-state index < -0.39 is 28.6 Å². The molecule has 31 heavy (non-hydrogen) atoms. The number of aryl methyl sites for hydroxylation is 1. The van der Waals surface area contributed by atoms with Crippen LogP contribution in [0.25, 0.3) is 5.65 Å². The van der Waals surface area contributed by atoms with Gasteiger partial charge >= 0.3 is 5.38 Å². The summed E-state index contributed by atoms with van der Waals surface area (Å²) in [6.07, 6.45) is 0. The number of nitrogens with zero attached hydrogens (tertiary/aromatic N) is 5. The van der Waals surface area contributed by atoms with E-state index in [1.807, 2.05) is 4.90 Å². The molecule has 4 rings (SSSR count). The molecule has 6 nitrogen and oxygen atoms in total. The molecule has 2 aromatic heterocycles. The molecule has 0 spiro atoms. The van der Waals surface area contributed by atoms with Crippen LogP contribution in [0.1, 0.15) is 27.4 Å². The summed E-state index contributed by atoms with van der Waals surface area (Å²) >= 11 is 5.18. The van der Waals surface area contributed by atoms with Crippen LogP contribution in [0, 0.1) is 18.6 Å². The van der Waals surface area contributed by atoms with Gasteiger partial charge in [-0.3, -0.25) is 9.69 Å². The average Bonchev–Trinajstić information content (AvgIpc) is 3.14. The van der Waals surface area contributed by atoms with Crippen molar-refractivity contribution in [3.05, 3.63) is 64.6 Å². The van der Waals surface area contributed by atoms with Crippen molar-refractivity contribution in [2.24, 2.45) is 0 Å². The fraction of sp³-hybridized carbons (Fsp3) is 0.350. The number of hydrogen-bond donors (Lipinski definition) is 0. The van der Waals surface area contributed by atoms with Crippen molar-refractivity contribution in [3.63, 3.8) is 0 Å². The van der Waals surface area contributed by atoms with Gasteiger partial charge in [-0.25, -0.2) is 18.3 Å². The van der Waals surface area contributed by atoms with E-state index in [1.54, 1.807) is 6.92 Å². The molecule has 1 aromatic carbocycles. The third kappa shape index (κ3) is 4.35. The Bertz CT molecular complexity index is 1140. The first kappa shape index (κ1) is 21.5. The lowest BCUT2D eigenvalue weighted by Crippen LogP contribution is -2.48. The Morgan fingerprint density at radius 2 is 1.87 bits per heavy atom. The first-order valence-corrected chi connectivity index (χ1v) is 9.90.